The summed E-state index contributed by atoms with van der Waals surface area (Å²) in [4.78, 5) is 21.5. The number of nitrogens with one attached hydrogen (secondary N) is 1. The van der Waals surface area contributed by atoms with Crippen molar-refractivity contribution < 1.29 is 19.4 Å². The fourth-order valence-electron chi connectivity index (χ4n) is 1.02. The van der Waals surface area contributed by atoms with Gasteiger partial charge in [-0.15, -0.1) is 0 Å². The van der Waals surface area contributed by atoms with Crippen LogP contribution in [0, 0.1) is 0 Å². The van der Waals surface area contributed by atoms with Gasteiger partial charge in [0.25, 0.3) is 5.91 Å². The lowest BCUT2D eigenvalue weighted by Gasteiger charge is -2.08. The lowest BCUT2D eigenvalue weighted by molar-refractivity contribution is -0.125. The Morgan fingerprint density at radius 1 is 1.50 bits per heavy atom. The maximum atomic E-state index is 11.2. The highest BCUT2D eigenvalue weighted by molar-refractivity contribution is 5.80. The topological polar surface area (TPSA) is 75.6 Å². The van der Waals surface area contributed by atoms with Crippen LogP contribution in [0.3, 0.4) is 0 Å². The summed E-state index contributed by atoms with van der Waals surface area (Å²) in [5, 5.41) is 11.4. The maximum absolute atomic E-state index is 11.2. The Morgan fingerprint density at radius 3 is 2.69 bits per heavy atom. The fraction of sp³-hybridized carbons (Fsp3) is 0.273. The zero-order valence-corrected chi connectivity index (χ0v) is 8.84. The van der Waals surface area contributed by atoms with E-state index in [2.05, 4.69) is 5.32 Å². The van der Waals surface area contributed by atoms with E-state index in [1.165, 1.54) is 12.1 Å². The molecule has 0 heterocycles. The first-order valence-corrected chi connectivity index (χ1v) is 4.78. The third-order valence-corrected chi connectivity index (χ3v) is 1.80. The molecule has 5 nitrogen and oxygen atoms in total. The number of carbonyl (C=O) groups is 2. The van der Waals surface area contributed by atoms with Gasteiger partial charge in [0.05, 0.1) is 6.04 Å². The van der Waals surface area contributed by atoms with Crippen molar-refractivity contribution in [3.8, 4) is 11.5 Å². The molecule has 1 amide bonds. The number of hydrogen-bond acceptors (Lipinski definition) is 4. The summed E-state index contributed by atoms with van der Waals surface area (Å²) in [5.41, 5.74) is 0. The number of phenols is 1. The molecule has 0 saturated heterocycles. The number of ether oxygens (including phenoxy) is 1. The molecule has 16 heavy (non-hydrogen) atoms. The van der Waals surface area contributed by atoms with Gasteiger partial charge in [0.1, 0.15) is 17.8 Å². The maximum Gasteiger partial charge on any atom is 0.258 e. The molecule has 0 aliphatic heterocycles. The first-order chi connectivity index (χ1) is 7.61. The van der Waals surface area contributed by atoms with Crippen LogP contribution in [0.2, 0.25) is 0 Å². The Morgan fingerprint density at radius 2 is 2.12 bits per heavy atom. The third kappa shape index (κ3) is 4.00. The molecule has 0 aliphatic rings. The van der Waals surface area contributed by atoms with Gasteiger partial charge in [-0.2, -0.15) is 0 Å². The van der Waals surface area contributed by atoms with Crippen molar-refractivity contribution in [3.05, 3.63) is 24.3 Å². The SMILES string of the molecule is C[C@@H](C=O)NC(=O)COc1ccc(O)cc1. The van der Waals surface area contributed by atoms with Crippen LogP contribution in [0.4, 0.5) is 0 Å². The van der Waals surface area contributed by atoms with Gasteiger partial charge in [-0.3, -0.25) is 4.79 Å². The number of aldehydes is 1. The molecule has 0 radical (unpaired) electrons. The Labute approximate surface area is 93.0 Å². The highest BCUT2D eigenvalue weighted by Crippen LogP contribution is 2.15. The standard InChI is InChI=1S/C11H13NO4/c1-8(6-13)12-11(15)7-16-10-4-2-9(14)3-5-10/h2-6,8,14H,7H2,1H3,(H,12,15)/t8-/m0/s1. The van der Waals surface area contributed by atoms with Crippen molar-refractivity contribution in [1.82, 2.24) is 5.32 Å². The van der Waals surface area contributed by atoms with E-state index in [-0.39, 0.29) is 18.3 Å². The van der Waals surface area contributed by atoms with Crippen molar-refractivity contribution in [2.75, 3.05) is 6.61 Å². The summed E-state index contributed by atoms with van der Waals surface area (Å²) in [6.45, 7) is 1.41. The highest BCUT2D eigenvalue weighted by atomic mass is 16.5. The minimum atomic E-state index is -0.518. The summed E-state index contributed by atoms with van der Waals surface area (Å²) in [6, 6.07) is 5.50. The van der Waals surface area contributed by atoms with E-state index >= 15 is 0 Å². The number of carbonyl (C=O) groups excluding carboxylic acids is 2. The van der Waals surface area contributed by atoms with Crippen LogP contribution in [-0.4, -0.2) is 29.9 Å². The van der Waals surface area contributed by atoms with Gasteiger partial charge >= 0.3 is 0 Å². The number of benzene rings is 1. The predicted molar refractivity (Wildman–Crippen MR) is 57.3 cm³/mol. The normalized spacial score (nSPS) is 11.6. The van der Waals surface area contributed by atoms with Crippen LogP contribution in [0.25, 0.3) is 0 Å². The molecule has 0 aliphatic carbocycles. The first-order valence-electron chi connectivity index (χ1n) is 4.78. The Hall–Kier alpha value is -2.04. The molecular weight excluding hydrogens is 210 g/mol. The van der Waals surface area contributed by atoms with Crippen LogP contribution in [0.1, 0.15) is 6.92 Å². The van der Waals surface area contributed by atoms with E-state index in [9.17, 15) is 9.59 Å². The smallest absolute Gasteiger partial charge is 0.258 e. The molecule has 86 valence electrons. The van der Waals surface area contributed by atoms with Gasteiger partial charge in [-0.05, 0) is 31.2 Å². The van der Waals surface area contributed by atoms with E-state index in [1.54, 1.807) is 19.1 Å². The Bertz CT molecular complexity index is 361. The molecule has 0 bridgehead atoms. The molecule has 1 aromatic rings. The van der Waals surface area contributed by atoms with Gasteiger partial charge in [-0.25, -0.2) is 0 Å². The molecule has 0 spiro atoms. The molecule has 0 fully saturated rings. The summed E-state index contributed by atoms with van der Waals surface area (Å²) >= 11 is 0. The van der Waals surface area contributed by atoms with Crippen LogP contribution in [-0.2, 0) is 9.59 Å². The van der Waals surface area contributed by atoms with Crippen molar-refractivity contribution in [2.45, 2.75) is 13.0 Å². The number of amides is 1. The first kappa shape index (κ1) is 12.0. The number of aromatic hydroxyl groups is 1. The minimum Gasteiger partial charge on any atom is -0.508 e. The van der Waals surface area contributed by atoms with Gasteiger partial charge in [0.15, 0.2) is 6.61 Å². The van der Waals surface area contributed by atoms with Crippen LogP contribution < -0.4 is 10.1 Å². The number of rotatable bonds is 5. The zero-order chi connectivity index (χ0) is 12.0. The lowest BCUT2D eigenvalue weighted by atomic mass is 10.3. The van der Waals surface area contributed by atoms with Crippen molar-refractivity contribution in [2.24, 2.45) is 0 Å². The predicted octanol–water partition coefficient (Wildman–Crippen LogP) is 0.475. The molecule has 1 aromatic carbocycles. The summed E-state index contributed by atoms with van der Waals surface area (Å²) in [6.07, 6.45) is 0.637. The van der Waals surface area contributed by atoms with Crippen LogP contribution in [0.5, 0.6) is 11.5 Å². The minimum absolute atomic E-state index is 0.131. The second kappa shape index (κ2) is 5.75. The molecule has 2 N–H and O–H groups in total. The lowest BCUT2D eigenvalue weighted by Crippen LogP contribution is -2.36. The second-order valence-corrected chi connectivity index (χ2v) is 3.27. The van der Waals surface area contributed by atoms with E-state index in [4.69, 9.17) is 9.84 Å². The molecule has 0 aromatic heterocycles. The van der Waals surface area contributed by atoms with Crippen LogP contribution >= 0.6 is 0 Å². The average molecular weight is 223 g/mol. The highest BCUT2D eigenvalue weighted by Gasteiger charge is 2.06. The number of hydrogen-bond donors (Lipinski definition) is 2. The van der Waals surface area contributed by atoms with Crippen molar-refractivity contribution in [3.63, 3.8) is 0 Å². The molecule has 0 unspecified atom stereocenters. The number of phenolic OH excluding ortho intramolecular Hbond substituents is 1. The molecule has 1 rings (SSSR count). The molecule has 1 atom stereocenters. The van der Waals surface area contributed by atoms with E-state index < -0.39 is 6.04 Å². The van der Waals surface area contributed by atoms with Gasteiger partial charge < -0.3 is 20.0 Å². The van der Waals surface area contributed by atoms with Crippen LogP contribution in [0.15, 0.2) is 24.3 Å². The molecular formula is C11H13NO4. The summed E-state index contributed by atoms with van der Waals surface area (Å²) in [7, 11) is 0. The van der Waals surface area contributed by atoms with Gasteiger partial charge in [0.2, 0.25) is 0 Å². The van der Waals surface area contributed by atoms with Gasteiger partial charge in [-0.1, -0.05) is 0 Å². The Kier molecular flexibility index (Phi) is 4.32. The summed E-state index contributed by atoms with van der Waals surface area (Å²) < 4.78 is 5.13. The average Bonchev–Trinajstić information content (AvgIpc) is 2.28. The molecule has 0 saturated carbocycles. The zero-order valence-electron chi connectivity index (χ0n) is 8.84. The fourth-order valence-corrected chi connectivity index (χ4v) is 1.02. The quantitative estimate of drug-likeness (QED) is 0.712. The monoisotopic (exact) mass is 223 g/mol. The summed E-state index contributed by atoms with van der Waals surface area (Å²) in [5.74, 6) is 0.241. The Balaban J connectivity index is 2.37. The largest absolute Gasteiger partial charge is 0.508 e. The third-order valence-electron chi connectivity index (χ3n) is 1.80. The van der Waals surface area contributed by atoms with E-state index in [0.717, 1.165) is 0 Å². The second-order valence-electron chi connectivity index (χ2n) is 3.27. The van der Waals surface area contributed by atoms with E-state index in [1.807, 2.05) is 0 Å². The van der Waals surface area contributed by atoms with E-state index in [0.29, 0.717) is 12.0 Å². The van der Waals surface area contributed by atoms with Crippen molar-refractivity contribution >= 4 is 12.2 Å². The van der Waals surface area contributed by atoms with Gasteiger partial charge in [0, 0.05) is 0 Å². The molecule has 5 heteroatoms. The van der Waals surface area contributed by atoms with Crippen molar-refractivity contribution in [1.29, 1.82) is 0 Å².